The molecule has 0 bridgehead atoms. The van der Waals surface area contributed by atoms with Gasteiger partial charge in [-0.25, -0.2) is 14.5 Å². The molecule has 38 heavy (non-hydrogen) atoms. The van der Waals surface area contributed by atoms with E-state index in [0.717, 1.165) is 55.0 Å². The van der Waals surface area contributed by atoms with Crippen LogP contribution in [-0.4, -0.2) is 67.7 Å². The molecule has 10 nitrogen and oxygen atoms in total. The summed E-state index contributed by atoms with van der Waals surface area (Å²) in [5.74, 6) is 1.37. The van der Waals surface area contributed by atoms with Gasteiger partial charge in [0.15, 0.2) is 11.5 Å². The molecule has 1 fully saturated rings. The fourth-order valence-electron chi connectivity index (χ4n) is 4.78. The van der Waals surface area contributed by atoms with Gasteiger partial charge in [-0.1, -0.05) is 47.1 Å². The fourth-order valence-corrected chi connectivity index (χ4v) is 4.78. The zero-order valence-corrected chi connectivity index (χ0v) is 23.6. The number of imidazole rings is 1. The number of carbonyl (C=O) groups excluding carboxylic acids is 1. The number of hydrogen-bond acceptors (Lipinski definition) is 8. The number of nitrogens with zero attached hydrogens (tertiary/aromatic N) is 7. The number of aryl methyl sites for hydroxylation is 1. The first kappa shape index (κ1) is 27.6. The number of ether oxygens (including phenoxy) is 1. The van der Waals surface area contributed by atoms with Crippen molar-refractivity contribution in [2.45, 2.75) is 73.3 Å². The summed E-state index contributed by atoms with van der Waals surface area (Å²) in [6.07, 6.45) is 8.99. The van der Waals surface area contributed by atoms with Gasteiger partial charge in [0.2, 0.25) is 5.91 Å². The Kier molecular flexibility index (Phi) is 8.38. The normalized spacial score (nSPS) is 15.2. The molecule has 0 aliphatic carbocycles. The van der Waals surface area contributed by atoms with E-state index in [0.29, 0.717) is 31.0 Å². The number of carbonyl (C=O) groups is 1. The predicted molar refractivity (Wildman–Crippen MR) is 149 cm³/mol. The Balaban J connectivity index is 1.45. The van der Waals surface area contributed by atoms with Crippen molar-refractivity contribution in [3.63, 3.8) is 0 Å². The monoisotopic (exact) mass is 521 g/mol. The SMILES string of the molecule is CCCC(CC)Oc1nc(N)c2ncc(Cc3cnc(N4CCN(C(=O)[CH]C(C)(C)C)CC4)c(C)c3)n2n1. The molecule has 0 saturated carbocycles. The molecule has 1 aliphatic rings. The van der Waals surface area contributed by atoms with Crippen LogP contribution in [0.1, 0.15) is 70.7 Å². The smallest absolute Gasteiger partial charge is 0.336 e. The quantitative estimate of drug-likeness (QED) is 0.451. The van der Waals surface area contributed by atoms with E-state index in [1.165, 1.54) is 0 Å². The van der Waals surface area contributed by atoms with E-state index >= 15 is 0 Å². The molecule has 0 aromatic carbocycles. The molecular weight excluding hydrogens is 480 g/mol. The van der Waals surface area contributed by atoms with Gasteiger partial charge in [0.1, 0.15) is 11.9 Å². The second-order valence-electron chi connectivity index (χ2n) is 11.2. The highest BCUT2D eigenvalue weighted by atomic mass is 16.5. The largest absolute Gasteiger partial charge is 0.459 e. The van der Waals surface area contributed by atoms with Crippen LogP contribution in [-0.2, 0) is 11.2 Å². The van der Waals surface area contributed by atoms with Crippen LogP contribution < -0.4 is 15.4 Å². The average molecular weight is 522 g/mol. The molecule has 3 aromatic heterocycles. The third-order valence-corrected chi connectivity index (χ3v) is 6.72. The molecule has 2 N–H and O–H groups in total. The third kappa shape index (κ3) is 6.52. The molecule has 1 radical (unpaired) electrons. The topological polar surface area (TPSA) is 115 Å². The summed E-state index contributed by atoms with van der Waals surface area (Å²) < 4.78 is 7.75. The van der Waals surface area contributed by atoms with Crippen LogP contribution in [0.2, 0.25) is 0 Å². The van der Waals surface area contributed by atoms with Gasteiger partial charge in [0.25, 0.3) is 0 Å². The van der Waals surface area contributed by atoms with Crippen molar-refractivity contribution in [1.82, 2.24) is 29.5 Å². The summed E-state index contributed by atoms with van der Waals surface area (Å²) in [6.45, 7) is 15.4. The minimum absolute atomic E-state index is 0.0554. The average Bonchev–Trinajstić information content (AvgIpc) is 3.26. The van der Waals surface area contributed by atoms with Crippen molar-refractivity contribution in [1.29, 1.82) is 0 Å². The Morgan fingerprint density at radius 2 is 1.89 bits per heavy atom. The van der Waals surface area contributed by atoms with E-state index in [4.69, 9.17) is 15.5 Å². The first-order chi connectivity index (χ1) is 18.1. The van der Waals surface area contributed by atoms with Crippen LogP contribution in [0.3, 0.4) is 0 Å². The molecule has 205 valence electrons. The first-order valence-corrected chi connectivity index (χ1v) is 13.6. The maximum Gasteiger partial charge on any atom is 0.336 e. The van der Waals surface area contributed by atoms with Crippen LogP contribution >= 0.6 is 0 Å². The third-order valence-electron chi connectivity index (χ3n) is 6.72. The van der Waals surface area contributed by atoms with E-state index in [9.17, 15) is 4.79 Å². The zero-order chi connectivity index (χ0) is 27.4. The van der Waals surface area contributed by atoms with Crippen molar-refractivity contribution < 1.29 is 9.53 Å². The Hall–Kier alpha value is -3.43. The summed E-state index contributed by atoms with van der Waals surface area (Å²) in [4.78, 5) is 30.3. The summed E-state index contributed by atoms with van der Waals surface area (Å²) in [6, 6.07) is 2.43. The minimum atomic E-state index is -0.123. The van der Waals surface area contributed by atoms with Crippen molar-refractivity contribution in [2.75, 3.05) is 36.8 Å². The Bertz CT molecular complexity index is 1260. The van der Waals surface area contributed by atoms with E-state index < -0.39 is 0 Å². The Morgan fingerprint density at radius 3 is 2.53 bits per heavy atom. The van der Waals surface area contributed by atoms with E-state index in [-0.39, 0.29) is 23.4 Å². The first-order valence-electron chi connectivity index (χ1n) is 13.6. The summed E-state index contributed by atoms with van der Waals surface area (Å²) >= 11 is 0. The zero-order valence-electron chi connectivity index (χ0n) is 23.6. The second kappa shape index (κ2) is 11.5. The number of aromatic nitrogens is 5. The molecule has 3 aromatic rings. The summed E-state index contributed by atoms with van der Waals surface area (Å²) in [5.41, 5.74) is 9.62. The standard InChI is InChI=1S/C28H41N8O2/c1-7-9-22(8-2)38-27-32-24(29)26-31-18-21(36(26)33-27)15-20-14-19(3)25(30-17-20)35-12-10-34(11-13-35)23(37)16-28(4,5)6/h14,16-18,22H,7-13,15H2,1-6H3,(H2,29,32,33). The van der Waals surface area contributed by atoms with Gasteiger partial charge in [-0.2, -0.15) is 4.98 Å². The molecule has 1 atom stereocenters. The predicted octanol–water partition coefficient (Wildman–Crippen LogP) is 3.86. The van der Waals surface area contributed by atoms with Gasteiger partial charge >= 0.3 is 6.01 Å². The van der Waals surface area contributed by atoms with E-state index in [1.54, 1.807) is 10.7 Å². The highest BCUT2D eigenvalue weighted by Crippen LogP contribution is 2.24. The number of amides is 1. The minimum Gasteiger partial charge on any atom is -0.459 e. The van der Waals surface area contributed by atoms with E-state index in [2.05, 4.69) is 46.8 Å². The van der Waals surface area contributed by atoms with Crippen LogP contribution in [0.15, 0.2) is 18.5 Å². The fraction of sp³-hybridized carbons (Fsp3) is 0.571. The molecule has 1 aliphatic heterocycles. The maximum atomic E-state index is 12.6. The molecule has 1 unspecified atom stereocenters. The number of nitrogen functional groups attached to an aromatic ring is 1. The van der Waals surface area contributed by atoms with E-state index in [1.807, 2.05) is 38.3 Å². The Morgan fingerprint density at radius 1 is 1.16 bits per heavy atom. The number of piperazine rings is 1. The lowest BCUT2D eigenvalue weighted by atomic mass is 9.91. The number of anilines is 2. The maximum absolute atomic E-state index is 12.6. The summed E-state index contributed by atoms with van der Waals surface area (Å²) in [7, 11) is 0. The molecular formula is C28H41N8O2. The molecule has 0 spiro atoms. The van der Waals surface area contributed by atoms with Crippen LogP contribution in [0.25, 0.3) is 5.65 Å². The van der Waals surface area contributed by atoms with Gasteiger partial charge in [-0.15, -0.1) is 5.10 Å². The molecule has 4 rings (SSSR count). The number of nitrogens with two attached hydrogens (primary N) is 1. The molecule has 1 saturated heterocycles. The lowest BCUT2D eigenvalue weighted by molar-refractivity contribution is -0.128. The van der Waals surface area contributed by atoms with Crippen molar-refractivity contribution in [2.24, 2.45) is 5.41 Å². The number of rotatable bonds is 9. The van der Waals surface area contributed by atoms with Crippen molar-refractivity contribution >= 4 is 23.2 Å². The van der Waals surface area contributed by atoms with Crippen LogP contribution in [0, 0.1) is 18.8 Å². The lowest BCUT2D eigenvalue weighted by Crippen LogP contribution is -2.50. The van der Waals surface area contributed by atoms with Crippen LogP contribution in [0.4, 0.5) is 11.6 Å². The van der Waals surface area contributed by atoms with Gasteiger partial charge in [0, 0.05) is 38.8 Å². The van der Waals surface area contributed by atoms with Gasteiger partial charge < -0.3 is 20.3 Å². The highest BCUT2D eigenvalue weighted by Gasteiger charge is 2.26. The number of hydrogen-bond donors (Lipinski definition) is 1. The molecule has 4 heterocycles. The van der Waals surface area contributed by atoms with Crippen molar-refractivity contribution in [3.8, 4) is 6.01 Å². The Labute approximate surface area is 225 Å². The molecule has 1 amide bonds. The molecule has 10 heteroatoms. The second-order valence-corrected chi connectivity index (χ2v) is 11.2. The van der Waals surface area contributed by atoms with Gasteiger partial charge in [-0.05, 0) is 36.3 Å². The van der Waals surface area contributed by atoms with Gasteiger partial charge in [0.05, 0.1) is 18.3 Å². The van der Waals surface area contributed by atoms with Gasteiger partial charge in [-0.3, -0.25) is 4.79 Å². The number of pyridine rings is 1. The van der Waals surface area contributed by atoms with Crippen LogP contribution in [0.5, 0.6) is 6.01 Å². The highest BCUT2D eigenvalue weighted by molar-refractivity contribution is 5.85. The van der Waals surface area contributed by atoms with Crippen molar-refractivity contribution in [3.05, 3.63) is 41.7 Å². The number of fused-ring (bicyclic) bond motifs is 1. The lowest BCUT2D eigenvalue weighted by Gasteiger charge is -2.37. The summed E-state index contributed by atoms with van der Waals surface area (Å²) in [5, 5.41) is 4.60.